The first-order valence-electron chi connectivity index (χ1n) is 10.8. The molecule has 170 valence electrons. The molecule has 32 heavy (non-hydrogen) atoms. The van der Waals surface area contributed by atoms with E-state index in [9.17, 15) is 14.7 Å². The molecule has 2 saturated heterocycles. The number of nitrogens with zero attached hydrogens (tertiary/aromatic N) is 2. The number of carbonyl (C=O) groups is 2. The molecular formula is C24H28N2O6. The number of rotatable bonds is 7. The lowest BCUT2D eigenvalue weighted by Gasteiger charge is -2.28. The summed E-state index contributed by atoms with van der Waals surface area (Å²) in [7, 11) is 1.53. The Morgan fingerprint density at radius 1 is 1.16 bits per heavy atom. The molecule has 4 rings (SSSR count). The summed E-state index contributed by atoms with van der Waals surface area (Å²) >= 11 is 0. The van der Waals surface area contributed by atoms with E-state index in [2.05, 4.69) is 4.90 Å². The van der Waals surface area contributed by atoms with Gasteiger partial charge in [0.25, 0.3) is 11.7 Å². The van der Waals surface area contributed by atoms with Crippen LogP contribution in [0, 0.1) is 6.92 Å². The molecule has 1 amide bonds. The van der Waals surface area contributed by atoms with Gasteiger partial charge in [0.05, 0.1) is 25.9 Å². The third-order valence-electron chi connectivity index (χ3n) is 5.89. The minimum absolute atomic E-state index is 0.0315. The summed E-state index contributed by atoms with van der Waals surface area (Å²) < 4.78 is 16.4. The number of amides is 1. The number of likely N-dealkylation sites (tertiary alicyclic amines) is 1. The highest BCUT2D eigenvalue weighted by Crippen LogP contribution is 2.40. The van der Waals surface area contributed by atoms with E-state index in [1.54, 1.807) is 43.3 Å². The number of aryl methyl sites for hydroxylation is 1. The third kappa shape index (κ3) is 4.42. The normalized spacial score (nSPS) is 21.3. The van der Waals surface area contributed by atoms with Crippen molar-refractivity contribution in [3.63, 3.8) is 0 Å². The summed E-state index contributed by atoms with van der Waals surface area (Å²) in [6, 6.07) is 9.53. The van der Waals surface area contributed by atoms with Gasteiger partial charge in [0.1, 0.15) is 29.1 Å². The SMILES string of the molecule is COc1cccc(/C(O)=C2\C(=O)C(=O)N(CCCN3CCOCC3)[C@@H]2c2ccc(C)o2)c1. The van der Waals surface area contributed by atoms with Crippen LogP contribution < -0.4 is 4.74 Å². The molecule has 8 nitrogen and oxygen atoms in total. The average Bonchev–Trinajstić information content (AvgIpc) is 3.35. The zero-order valence-electron chi connectivity index (χ0n) is 18.4. The molecule has 8 heteroatoms. The summed E-state index contributed by atoms with van der Waals surface area (Å²) in [5, 5.41) is 11.1. The van der Waals surface area contributed by atoms with E-state index in [0.29, 0.717) is 49.0 Å². The maximum absolute atomic E-state index is 13.0. The minimum Gasteiger partial charge on any atom is -0.507 e. The number of carbonyl (C=O) groups excluding carboxylic acids is 2. The van der Waals surface area contributed by atoms with Crippen molar-refractivity contribution in [2.24, 2.45) is 0 Å². The van der Waals surface area contributed by atoms with Crippen molar-refractivity contribution in [2.75, 3.05) is 46.5 Å². The van der Waals surface area contributed by atoms with E-state index in [1.165, 1.54) is 12.0 Å². The van der Waals surface area contributed by atoms with Gasteiger partial charge in [0.15, 0.2) is 0 Å². The number of Topliss-reactive ketones (excluding diaryl/α,β-unsaturated/α-hetero) is 1. The standard InChI is InChI=1S/C24H28N2O6/c1-16-7-8-19(32-16)21-20(22(27)17-5-3-6-18(15-17)30-2)23(28)24(29)26(21)10-4-9-25-11-13-31-14-12-25/h3,5-8,15,21,27H,4,9-14H2,1-2H3/b22-20+/t21-/m1/s1. The lowest BCUT2D eigenvalue weighted by atomic mass is 9.99. The predicted octanol–water partition coefficient (Wildman–Crippen LogP) is 2.74. The Hall–Kier alpha value is -3.10. The first-order chi connectivity index (χ1) is 15.5. The van der Waals surface area contributed by atoms with Crippen LogP contribution in [0.4, 0.5) is 0 Å². The van der Waals surface area contributed by atoms with Crippen LogP contribution in [0.1, 0.15) is 29.5 Å². The van der Waals surface area contributed by atoms with Crippen LogP contribution in [0.3, 0.4) is 0 Å². The molecule has 3 heterocycles. The van der Waals surface area contributed by atoms with E-state index in [-0.39, 0.29) is 11.3 Å². The van der Waals surface area contributed by atoms with E-state index in [0.717, 1.165) is 19.6 Å². The van der Waals surface area contributed by atoms with Crippen LogP contribution in [-0.4, -0.2) is 73.1 Å². The molecule has 2 fully saturated rings. The monoisotopic (exact) mass is 440 g/mol. The average molecular weight is 440 g/mol. The highest BCUT2D eigenvalue weighted by atomic mass is 16.5. The van der Waals surface area contributed by atoms with Crippen molar-refractivity contribution >= 4 is 17.4 Å². The maximum Gasteiger partial charge on any atom is 0.295 e. The van der Waals surface area contributed by atoms with Gasteiger partial charge >= 0.3 is 0 Å². The number of hydrogen-bond acceptors (Lipinski definition) is 7. The Morgan fingerprint density at radius 2 is 1.94 bits per heavy atom. The van der Waals surface area contributed by atoms with E-state index in [1.807, 2.05) is 0 Å². The number of furan rings is 1. The molecule has 0 spiro atoms. The Balaban J connectivity index is 1.65. The molecule has 1 atom stereocenters. The first kappa shape index (κ1) is 22.1. The van der Waals surface area contributed by atoms with Gasteiger partial charge in [-0.15, -0.1) is 0 Å². The summed E-state index contributed by atoms with van der Waals surface area (Å²) in [4.78, 5) is 29.8. The summed E-state index contributed by atoms with van der Waals surface area (Å²) in [6.45, 7) is 6.10. The zero-order chi connectivity index (χ0) is 22.7. The fourth-order valence-corrected chi connectivity index (χ4v) is 4.22. The second-order valence-electron chi connectivity index (χ2n) is 7.98. The molecule has 0 saturated carbocycles. The van der Waals surface area contributed by atoms with Gasteiger partial charge in [-0.25, -0.2) is 0 Å². The Labute approximate surface area is 187 Å². The lowest BCUT2D eigenvalue weighted by Crippen LogP contribution is -2.38. The summed E-state index contributed by atoms with van der Waals surface area (Å²) in [6.07, 6.45) is 0.697. The highest BCUT2D eigenvalue weighted by Gasteiger charge is 2.47. The third-order valence-corrected chi connectivity index (χ3v) is 5.89. The number of morpholine rings is 1. The first-order valence-corrected chi connectivity index (χ1v) is 10.8. The number of methoxy groups -OCH3 is 1. The van der Waals surface area contributed by atoms with E-state index < -0.39 is 17.7 Å². The molecule has 0 radical (unpaired) electrons. The summed E-state index contributed by atoms with van der Waals surface area (Å²) in [5.41, 5.74) is 0.438. The van der Waals surface area contributed by atoms with Crippen LogP contribution in [0.25, 0.3) is 5.76 Å². The van der Waals surface area contributed by atoms with Gasteiger partial charge in [0, 0.05) is 31.7 Å². The number of ether oxygens (including phenoxy) is 2. The molecule has 1 aromatic heterocycles. The van der Waals surface area contributed by atoms with Crippen molar-refractivity contribution in [1.29, 1.82) is 0 Å². The molecule has 0 bridgehead atoms. The fourth-order valence-electron chi connectivity index (χ4n) is 4.22. The zero-order valence-corrected chi connectivity index (χ0v) is 18.4. The largest absolute Gasteiger partial charge is 0.507 e. The molecule has 1 N–H and O–H groups in total. The van der Waals surface area contributed by atoms with Gasteiger partial charge in [-0.05, 0) is 37.6 Å². The Bertz CT molecular complexity index is 1020. The van der Waals surface area contributed by atoms with Crippen LogP contribution >= 0.6 is 0 Å². The van der Waals surface area contributed by atoms with E-state index >= 15 is 0 Å². The van der Waals surface area contributed by atoms with Gasteiger partial charge in [-0.1, -0.05) is 12.1 Å². The molecule has 1 aromatic carbocycles. The quantitative estimate of drug-likeness (QED) is 0.402. The van der Waals surface area contributed by atoms with E-state index in [4.69, 9.17) is 13.9 Å². The van der Waals surface area contributed by atoms with Crippen LogP contribution in [0.15, 0.2) is 46.4 Å². The molecule has 0 unspecified atom stereocenters. The summed E-state index contributed by atoms with van der Waals surface area (Å²) in [5.74, 6) is 0.0835. The second-order valence-corrected chi connectivity index (χ2v) is 7.98. The second kappa shape index (κ2) is 9.58. The number of hydrogen-bond donors (Lipinski definition) is 1. The minimum atomic E-state index is -0.778. The predicted molar refractivity (Wildman–Crippen MR) is 117 cm³/mol. The molecule has 2 aliphatic heterocycles. The van der Waals surface area contributed by atoms with Gasteiger partial charge in [0.2, 0.25) is 0 Å². The van der Waals surface area contributed by atoms with Crippen LogP contribution in [0.2, 0.25) is 0 Å². The number of aliphatic hydroxyl groups is 1. The molecule has 2 aromatic rings. The van der Waals surface area contributed by atoms with Crippen molar-refractivity contribution in [2.45, 2.75) is 19.4 Å². The van der Waals surface area contributed by atoms with Gasteiger partial charge in [-0.2, -0.15) is 0 Å². The number of benzene rings is 1. The van der Waals surface area contributed by atoms with Crippen molar-refractivity contribution in [3.8, 4) is 5.75 Å². The number of aliphatic hydroxyl groups excluding tert-OH is 1. The lowest BCUT2D eigenvalue weighted by molar-refractivity contribution is -0.140. The highest BCUT2D eigenvalue weighted by molar-refractivity contribution is 6.46. The maximum atomic E-state index is 13.0. The van der Waals surface area contributed by atoms with Crippen LogP contribution in [0.5, 0.6) is 5.75 Å². The smallest absolute Gasteiger partial charge is 0.295 e. The molecule has 2 aliphatic rings. The Kier molecular flexibility index (Phi) is 6.62. The molecule has 0 aliphatic carbocycles. The number of ketones is 1. The van der Waals surface area contributed by atoms with Gasteiger partial charge < -0.3 is 23.9 Å². The fraction of sp³-hybridized carbons (Fsp3) is 0.417. The van der Waals surface area contributed by atoms with Crippen molar-refractivity contribution in [3.05, 3.63) is 59.1 Å². The molecular weight excluding hydrogens is 412 g/mol. The van der Waals surface area contributed by atoms with Crippen LogP contribution in [-0.2, 0) is 14.3 Å². The van der Waals surface area contributed by atoms with Gasteiger partial charge in [-0.3, -0.25) is 14.5 Å². The Morgan fingerprint density at radius 3 is 2.62 bits per heavy atom. The topological polar surface area (TPSA) is 92.5 Å². The van der Waals surface area contributed by atoms with Crippen molar-refractivity contribution in [1.82, 2.24) is 9.80 Å². The van der Waals surface area contributed by atoms with Crippen molar-refractivity contribution < 1.29 is 28.6 Å².